The maximum atomic E-state index is 14.5. The molecule has 3 heterocycles. The third-order valence-corrected chi connectivity index (χ3v) is 8.86. The van der Waals surface area contributed by atoms with E-state index in [0.29, 0.717) is 24.5 Å². The molecule has 5 rings (SSSR count). The molecule has 0 unspecified atom stereocenters. The largest absolute Gasteiger partial charge is 0.386 e. The first kappa shape index (κ1) is 26.2. The molecule has 0 saturated carbocycles. The number of rotatable bonds is 8. The van der Waals surface area contributed by atoms with Gasteiger partial charge in [0.1, 0.15) is 11.5 Å². The van der Waals surface area contributed by atoms with Crippen LogP contribution < -0.4 is 10.2 Å². The number of nitrogens with one attached hydrogen (secondary N) is 1. The van der Waals surface area contributed by atoms with Gasteiger partial charge < -0.3 is 19.7 Å². The summed E-state index contributed by atoms with van der Waals surface area (Å²) in [6.45, 7) is 2.07. The highest BCUT2D eigenvalue weighted by Crippen LogP contribution is 2.30. The Bertz CT molecular complexity index is 1550. The second-order valence-electron chi connectivity index (χ2n) is 10.0. The molecule has 0 bridgehead atoms. The van der Waals surface area contributed by atoms with E-state index in [4.69, 9.17) is 4.98 Å². The summed E-state index contributed by atoms with van der Waals surface area (Å²) < 4.78 is 40.2. The molecule has 1 saturated heterocycles. The van der Waals surface area contributed by atoms with Gasteiger partial charge in [0.25, 0.3) is 0 Å². The molecule has 4 aromatic rings. The van der Waals surface area contributed by atoms with Gasteiger partial charge in [0.2, 0.25) is 0 Å². The zero-order valence-corrected chi connectivity index (χ0v) is 22.9. The Kier molecular flexibility index (Phi) is 7.40. The summed E-state index contributed by atoms with van der Waals surface area (Å²) in [6.07, 6.45) is 3.93. The van der Waals surface area contributed by atoms with Crippen LogP contribution in [-0.2, 0) is 16.3 Å². The Morgan fingerprint density at radius 3 is 2.55 bits per heavy atom. The summed E-state index contributed by atoms with van der Waals surface area (Å²) >= 11 is 0. The average Bonchev–Trinajstić information content (AvgIpc) is 3.27. The van der Waals surface area contributed by atoms with Crippen LogP contribution in [0.15, 0.2) is 60.8 Å². The highest BCUT2D eigenvalue weighted by Gasteiger charge is 2.21. The number of benzene rings is 2. The topological polar surface area (TPSA) is 70.5 Å². The van der Waals surface area contributed by atoms with Crippen molar-refractivity contribution in [3.63, 3.8) is 0 Å². The quantitative estimate of drug-likeness (QED) is 0.356. The van der Waals surface area contributed by atoms with Gasteiger partial charge in [-0.2, -0.15) is 0 Å². The van der Waals surface area contributed by atoms with Crippen LogP contribution in [0.5, 0.6) is 0 Å². The maximum absolute atomic E-state index is 14.5. The molecular weight excluding hydrogens is 501 g/mol. The van der Waals surface area contributed by atoms with Crippen molar-refractivity contribution < 1.29 is 12.8 Å². The number of aryl methyl sites for hydroxylation is 1. The van der Waals surface area contributed by atoms with E-state index in [-0.39, 0.29) is 17.3 Å². The molecule has 2 aromatic heterocycles. The molecule has 9 heteroatoms. The maximum Gasteiger partial charge on any atom is 0.152 e. The standard InChI is InChI=1S/C29H34FN5O2S/c1-31-28-11-9-21(18-26(28)30)27-12-10-25-22(6-5-13-34-14-16-38(36,37)17-15-34)20-35(29(25)32-27)24-8-4-7-23(19-24)33(2)3/h4,7-12,18-20,31H,5-6,13-17H2,1-3H3. The fourth-order valence-corrected chi connectivity index (χ4v) is 6.27. The van der Waals surface area contributed by atoms with Gasteiger partial charge in [-0.25, -0.2) is 17.8 Å². The minimum Gasteiger partial charge on any atom is -0.386 e. The van der Waals surface area contributed by atoms with Gasteiger partial charge in [0, 0.05) is 62.8 Å². The van der Waals surface area contributed by atoms with Crippen molar-refractivity contribution in [3.05, 3.63) is 72.2 Å². The molecule has 1 fully saturated rings. The Morgan fingerprint density at radius 1 is 1.05 bits per heavy atom. The van der Waals surface area contributed by atoms with E-state index >= 15 is 0 Å². The van der Waals surface area contributed by atoms with Crippen LogP contribution in [0.25, 0.3) is 28.0 Å². The van der Waals surface area contributed by atoms with Crippen LogP contribution in [-0.4, -0.2) is 75.2 Å². The number of anilines is 2. The van der Waals surface area contributed by atoms with E-state index in [9.17, 15) is 12.8 Å². The highest BCUT2D eigenvalue weighted by atomic mass is 32.2. The van der Waals surface area contributed by atoms with Crippen molar-refractivity contribution >= 4 is 32.2 Å². The first-order valence-corrected chi connectivity index (χ1v) is 14.8. The van der Waals surface area contributed by atoms with Gasteiger partial charge in [-0.3, -0.25) is 0 Å². The normalized spacial score (nSPS) is 15.6. The number of pyridine rings is 1. The Hall–Kier alpha value is -3.43. The third-order valence-electron chi connectivity index (χ3n) is 7.25. The number of hydrogen-bond donors (Lipinski definition) is 1. The molecule has 38 heavy (non-hydrogen) atoms. The minimum absolute atomic E-state index is 0.247. The predicted molar refractivity (Wildman–Crippen MR) is 154 cm³/mol. The molecule has 1 N–H and O–H groups in total. The van der Waals surface area contributed by atoms with Crippen LogP contribution in [0.3, 0.4) is 0 Å². The molecule has 0 radical (unpaired) electrons. The second-order valence-corrected chi connectivity index (χ2v) is 12.4. The summed E-state index contributed by atoms with van der Waals surface area (Å²) in [6, 6.07) is 17.5. The lowest BCUT2D eigenvalue weighted by atomic mass is 10.1. The molecule has 0 spiro atoms. The Balaban J connectivity index is 1.49. The van der Waals surface area contributed by atoms with Crippen LogP contribution in [0.4, 0.5) is 15.8 Å². The van der Waals surface area contributed by atoms with Crippen LogP contribution >= 0.6 is 0 Å². The van der Waals surface area contributed by atoms with Gasteiger partial charge >= 0.3 is 0 Å². The molecule has 0 aliphatic carbocycles. The summed E-state index contributed by atoms with van der Waals surface area (Å²) in [5, 5.41) is 3.93. The SMILES string of the molecule is CNc1ccc(-c2ccc3c(CCCN4CCS(=O)(=O)CC4)cn(-c4cccc(N(C)C)c4)c3n2)cc1F. The van der Waals surface area contributed by atoms with E-state index in [1.54, 1.807) is 13.1 Å². The van der Waals surface area contributed by atoms with Crippen molar-refractivity contribution in [3.8, 4) is 16.9 Å². The van der Waals surface area contributed by atoms with Gasteiger partial charge in [-0.1, -0.05) is 12.1 Å². The molecule has 0 atom stereocenters. The van der Waals surface area contributed by atoms with Crippen molar-refractivity contribution in [2.75, 3.05) is 62.5 Å². The zero-order chi connectivity index (χ0) is 26.9. The van der Waals surface area contributed by atoms with E-state index in [2.05, 4.69) is 50.1 Å². The molecule has 200 valence electrons. The number of fused-ring (bicyclic) bond motifs is 1. The summed E-state index contributed by atoms with van der Waals surface area (Å²) in [7, 11) is 2.86. The molecular formula is C29H34FN5O2S. The van der Waals surface area contributed by atoms with E-state index < -0.39 is 9.84 Å². The van der Waals surface area contributed by atoms with Crippen LogP contribution in [0.2, 0.25) is 0 Å². The smallest absolute Gasteiger partial charge is 0.152 e. The van der Waals surface area contributed by atoms with Gasteiger partial charge in [0.05, 0.1) is 22.9 Å². The second kappa shape index (κ2) is 10.7. The number of nitrogens with zero attached hydrogens (tertiary/aromatic N) is 4. The van der Waals surface area contributed by atoms with E-state index in [1.807, 2.05) is 32.3 Å². The summed E-state index contributed by atoms with van der Waals surface area (Å²) in [5.74, 6) is 0.181. The lowest BCUT2D eigenvalue weighted by molar-refractivity contribution is 0.292. The van der Waals surface area contributed by atoms with Crippen LogP contribution in [0.1, 0.15) is 12.0 Å². The molecule has 1 aliphatic heterocycles. The first-order chi connectivity index (χ1) is 18.2. The van der Waals surface area contributed by atoms with Crippen molar-refractivity contribution in [2.24, 2.45) is 0 Å². The molecule has 0 amide bonds. The number of hydrogen-bond acceptors (Lipinski definition) is 6. The van der Waals surface area contributed by atoms with Crippen molar-refractivity contribution in [2.45, 2.75) is 12.8 Å². The number of aromatic nitrogens is 2. The van der Waals surface area contributed by atoms with Crippen molar-refractivity contribution in [1.29, 1.82) is 0 Å². The summed E-state index contributed by atoms with van der Waals surface area (Å²) in [4.78, 5) is 9.32. The predicted octanol–water partition coefficient (Wildman–Crippen LogP) is 4.60. The molecule has 1 aliphatic rings. The monoisotopic (exact) mass is 535 g/mol. The van der Waals surface area contributed by atoms with E-state index in [1.165, 1.54) is 11.6 Å². The highest BCUT2D eigenvalue weighted by molar-refractivity contribution is 7.91. The molecule has 7 nitrogen and oxygen atoms in total. The lowest BCUT2D eigenvalue weighted by Crippen LogP contribution is -2.40. The van der Waals surface area contributed by atoms with E-state index in [0.717, 1.165) is 47.4 Å². The van der Waals surface area contributed by atoms with Gasteiger partial charge in [-0.15, -0.1) is 0 Å². The van der Waals surface area contributed by atoms with Gasteiger partial charge in [0.15, 0.2) is 9.84 Å². The Labute approximate surface area is 223 Å². The molecule has 2 aromatic carbocycles. The number of sulfone groups is 1. The average molecular weight is 536 g/mol. The summed E-state index contributed by atoms with van der Waals surface area (Å²) in [5.41, 5.74) is 6.00. The fraction of sp³-hybridized carbons (Fsp3) is 0.345. The number of halogens is 1. The third kappa shape index (κ3) is 5.54. The lowest BCUT2D eigenvalue weighted by Gasteiger charge is -2.26. The van der Waals surface area contributed by atoms with Crippen molar-refractivity contribution in [1.82, 2.24) is 14.5 Å². The fourth-order valence-electron chi connectivity index (χ4n) is 4.99. The first-order valence-electron chi connectivity index (χ1n) is 12.9. The minimum atomic E-state index is -2.88. The van der Waals surface area contributed by atoms with Gasteiger partial charge in [-0.05, 0) is 67.4 Å². The Morgan fingerprint density at radius 2 is 1.84 bits per heavy atom. The zero-order valence-electron chi connectivity index (χ0n) is 22.1. The van der Waals surface area contributed by atoms with Crippen LogP contribution in [0, 0.1) is 5.82 Å².